The average molecular weight is 202 g/mol. The smallest absolute Gasteiger partial charge is 0.314 e. The average Bonchev–Trinajstić information content (AvgIpc) is 2.00. The third-order valence-electron chi connectivity index (χ3n) is 0.721. The van der Waals surface area contributed by atoms with E-state index in [0.717, 1.165) is 0 Å². The normalized spacial score (nSPS) is 14.5. The summed E-state index contributed by atoms with van der Waals surface area (Å²) in [6, 6.07) is 0. The maximum absolute atomic E-state index is 9.58. The molecule has 0 aromatic carbocycles. The Hall–Kier alpha value is -0.300. The van der Waals surface area contributed by atoms with Gasteiger partial charge in [-0.2, -0.15) is 0 Å². The van der Waals surface area contributed by atoms with Gasteiger partial charge >= 0.3 is 8.25 Å². The van der Waals surface area contributed by atoms with Gasteiger partial charge in [-0.25, -0.2) is 0 Å². The van der Waals surface area contributed by atoms with E-state index in [-0.39, 0.29) is 6.29 Å². The Morgan fingerprint density at radius 3 is 1.75 bits per heavy atom. The second-order valence-corrected chi connectivity index (χ2v) is 2.22. The molecule has 0 amide bonds. The van der Waals surface area contributed by atoms with Crippen LogP contribution in [0.4, 0.5) is 0 Å². The molecule has 0 aromatic rings. The van der Waals surface area contributed by atoms with Crippen molar-refractivity contribution >= 4 is 14.5 Å². The second-order valence-electron chi connectivity index (χ2n) is 1.66. The first-order chi connectivity index (χ1) is 5.45. The molecular weight excluding hydrogens is 191 g/mol. The molecule has 0 saturated heterocycles. The molecule has 0 aliphatic carbocycles. The van der Waals surface area contributed by atoms with Crippen molar-refractivity contribution in [1.29, 1.82) is 0 Å². The van der Waals surface area contributed by atoms with Gasteiger partial charge in [0, 0.05) is 0 Å². The van der Waals surface area contributed by atoms with E-state index in [0.29, 0.717) is 0 Å². The molecule has 12 heavy (non-hydrogen) atoms. The fourth-order valence-corrected chi connectivity index (χ4v) is 0.199. The zero-order valence-electron chi connectivity index (χ0n) is 5.99. The molecular formula is C4H11O7P. The first kappa shape index (κ1) is 14.2. The molecule has 0 heterocycles. The van der Waals surface area contributed by atoms with E-state index in [4.69, 9.17) is 29.7 Å². The van der Waals surface area contributed by atoms with Crippen molar-refractivity contribution in [2.45, 2.75) is 12.2 Å². The lowest BCUT2D eigenvalue weighted by Crippen LogP contribution is -2.30. The van der Waals surface area contributed by atoms with Crippen molar-refractivity contribution in [1.82, 2.24) is 0 Å². The summed E-state index contributed by atoms with van der Waals surface area (Å²) in [6.07, 6.45) is -2.63. The molecule has 0 fully saturated rings. The van der Waals surface area contributed by atoms with E-state index in [1.807, 2.05) is 0 Å². The van der Waals surface area contributed by atoms with E-state index >= 15 is 0 Å². The number of aliphatic hydroxyl groups excluding tert-OH is 3. The van der Waals surface area contributed by atoms with E-state index in [2.05, 4.69) is 0 Å². The Labute approximate surface area is 68.9 Å². The molecule has 2 unspecified atom stereocenters. The molecule has 2 atom stereocenters. The van der Waals surface area contributed by atoms with Crippen LogP contribution in [0.15, 0.2) is 0 Å². The first-order valence-corrected chi connectivity index (χ1v) is 4.10. The number of aldehydes is 1. The Balaban J connectivity index is 0. The monoisotopic (exact) mass is 202 g/mol. The van der Waals surface area contributed by atoms with Crippen molar-refractivity contribution < 1.29 is 34.5 Å². The molecule has 0 aliphatic heterocycles. The van der Waals surface area contributed by atoms with Gasteiger partial charge in [0.15, 0.2) is 6.29 Å². The number of hydrogen-bond acceptors (Lipinski definition) is 5. The summed E-state index contributed by atoms with van der Waals surface area (Å²) >= 11 is 0. The molecule has 0 aromatic heterocycles. The minimum atomic E-state index is -3.13. The highest BCUT2D eigenvalue weighted by Crippen LogP contribution is 1.98. The summed E-state index contributed by atoms with van der Waals surface area (Å²) in [5.41, 5.74) is 0. The van der Waals surface area contributed by atoms with Crippen LogP contribution in [0.3, 0.4) is 0 Å². The lowest BCUT2D eigenvalue weighted by molar-refractivity contribution is -0.121. The summed E-state index contributed by atoms with van der Waals surface area (Å²) in [5.74, 6) is 0. The lowest BCUT2D eigenvalue weighted by Gasteiger charge is -2.06. The Morgan fingerprint density at radius 2 is 1.67 bits per heavy atom. The van der Waals surface area contributed by atoms with Crippen LogP contribution in [0, 0.1) is 0 Å². The topological polar surface area (TPSA) is 135 Å². The zero-order valence-corrected chi connectivity index (χ0v) is 6.99. The van der Waals surface area contributed by atoms with Crippen LogP contribution in [-0.2, 0) is 9.36 Å². The van der Waals surface area contributed by atoms with Gasteiger partial charge in [0.25, 0.3) is 0 Å². The fraction of sp³-hybridized carbons (Fsp3) is 0.750. The van der Waals surface area contributed by atoms with E-state index < -0.39 is 27.1 Å². The predicted molar refractivity (Wildman–Crippen MR) is 38.6 cm³/mol. The number of carbonyl (C=O) groups excluding carboxylic acids is 1. The molecule has 8 heteroatoms. The van der Waals surface area contributed by atoms with Gasteiger partial charge in [0.1, 0.15) is 12.2 Å². The quantitative estimate of drug-likeness (QED) is 0.247. The Bertz CT molecular complexity index is 133. The highest BCUT2D eigenvalue weighted by Gasteiger charge is 2.12. The molecule has 0 rings (SSSR count). The van der Waals surface area contributed by atoms with Crippen LogP contribution in [0.25, 0.3) is 0 Å². The van der Waals surface area contributed by atoms with Gasteiger partial charge in [0.05, 0.1) is 6.61 Å². The largest absolute Gasteiger partial charge is 0.394 e. The number of hydrogen-bond donors (Lipinski definition) is 5. The number of aliphatic hydroxyl groups is 3. The van der Waals surface area contributed by atoms with Crippen LogP contribution in [-0.4, -0.2) is 50.2 Å². The van der Waals surface area contributed by atoms with Gasteiger partial charge in [-0.3, -0.25) is 4.57 Å². The summed E-state index contributed by atoms with van der Waals surface area (Å²) in [6.45, 7) is -0.597. The minimum Gasteiger partial charge on any atom is -0.394 e. The molecule has 0 aliphatic rings. The van der Waals surface area contributed by atoms with Crippen molar-refractivity contribution in [3.05, 3.63) is 0 Å². The van der Waals surface area contributed by atoms with E-state index in [9.17, 15) is 4.79 Å². The molecule has 0 bridgehead atoms. The Kier molecular flexibility index (Phi) is 10.4. The third-order valence-corrected chi connectivity index (χ3v) is 0.721. The van der Waals surface area contributed by atoms with Crippen LogP contribution in [0.2, 0.25) is 0 Å². The van der Waals surface area contributed by atoms with Crippen molar-refractivity contribution in [3.63, 3.8) is 0 Å². The summed E-state index contributed by atoms with van der Waals surface area (Å²) in [4.78, 5) is 23.9. The highest BCUT2D eigenvalue weighted by atomic mass is 31.1. The van der Waals surface area contributed by atoms with Crippen molar-refractivity contribution in [2.75, 3.05) is 6.61 Å². The number of carbonyl (C=O) groups is 1. The summed E-state index contributed by atoms with van der Waals surface area (Å²) < 4.78 is 8.74. The first-order valence-electron chi connectivity index (χ1n) is 2.79. The van der Waals surface area contributed by atoms with Crippen LogP contribution in [0.1, 0.15) is 0 Å². The van der Waals surface area contributed by atoms with Crippen molar-refractivity contribution in [3.8, 4) is 0 Å². The molecule has 0 spiro atoms. The van der Waals surface area contributed by atoms with Gasteiger partial charge in [-0.1, -0.05) is 0 Å². The second kappa shape index (κ2) is 8.79. The third kappa shape index (κ3) is 12.4. The van der Waals surface area contributed by atoms with Gasteiger partial charge in [0.2, 0.25) is 0 Å². The van der Waals surface area contributed by atoms with Crippen molar-refractivity contribution in [2.24, 2.45) is 0 Å². The summed E-state index contributed by atoms with van der Waals surface area (Å²) in [5, 5.41) is 24.8. The summed E-state index contributed by atoms with van der Waals surface area (Å²) in [7, 11) is -3.13. The van der Waals surface area contributed by atoms with Crippen LogP contribution in [0.5, 0.6) is 0 Å². The highest BCUT2D eigenvalue weighted by molar-refractivity contribution is 7.30. The predicted octanol–water partition coefficient (Wildman–Crippen LogP) is -2.74. The zero-order chi connectivity index (χ0) is 10.1. The maximum atomic E-state index is 9.58. The van der Waals surface area contributed by atoms with E-state index in [1.165, 1.54) is 0 Å². The minimum absolute atomic E-state index is 0.168. The molecule has 5 N–H and O–H groups in total. The van der Waals surface area contributed by atoms with Crippen LogP contribution >= 0.6 is 8.25 Å². The molecule has 0 saturated carbocycles. The number of rotatable bonds is 3. The lowest BCUT2D eigenvalue weighted by atomic mass is 10.2. The maximum Gasteiger partial charge on any atom is 0.314 e. The SMILES string of the molecule is O=CC(O)C(O)CO.O=[PH](O)O. The van der Waals surface area contributed by atoms with Gasteiger partial charge in [-0.15, -0.1) is 0 Å². The standard InChI is InChI=1S/C4H8O4.H3O3P/c5-1-3(7)4(8)2-6;1-4(2)3/h1,3-4,6-8H,2H2;4H,(H2,1,2,3). The molecule has 74 valence electrons. The molecule has 0 radical (unpaired) electrons. The van der Waals surface area contributed by atoms with Crippen LogP contribution < -0.4 is 0 Å². The Morgan fingerprint density at radius 1 is 1.33 bits per heavy atom. The van der Waals surface area contributed by atoms with E-state index in [1.54, 1.807) is 0 Å². The van der Waals surface area contributed by atoms with Gasteiger partial charge < -0.3 is 29.9 Å². The molecule has 7 nitrogen and oxygen atoms in total. The van der Waals surface area contributed by atoms with Gasteiger partial charge in [-0.05, 0) is 0 Å². The fourth-order valence-electron chi connectivity index (χ4n) is 0.199.